The lowest BCUT2D eigenvalue weighted by Gasteiger charge is -2.11. The summed E-state index contributed by atoms with van der Waals surface area (Å²) < 4.78 is 47.6. The molecule has 0 spiro atoms. The van der Waals surface area contributed by atoms with E-state index >= 15 is 0 Å². The highest BCUT2D eigenvalue weighted by Gasteiger charge is 2.31. The molecule has 0 aliphatic carbocycles. The molecular formula is C12H11F3IN3O2. The van der Waals surface area contributed by atoms with E-state index in [-0.39, 0.29) is 17.8 Å². The zero-order chi connectivity index (χ0) is 15.6. The Bertz CT molecular complexity index is 611. The van der Waals surface area contributed by atoms with Crippen LogP contribution >= 0.6 is 22.6 Å². The molecule has 1 heterocycles. The molecule has 2 aromatic rings. The van der Waals surface area contributed by atoms with Gasteiger partial charge in [-0.15, -0.1) is 18.3 Å². The molecule has 0 saturated heterocycles. The maximum Gasteiger partial charge on any atom is 0.573 e. The van der Waals surface area contributed by atoms with Crippen molar-refractivity contribution >= 4 is 22.6 Å². The van der Waals surface area contributed by atoms with Crippen molar-refractivity contribution < 1.29 is 22.6 Å². The predicted octanol–water partition coefficient (Wildman–Crippen LogP) is 4.15. The number of hydrogen-bond acceptors (Lipinski definition) is 4. The maximum atomic E-state index is 12.1. The number of nitrogens with zero attached hydrogens (tertiary/aromatic N) is 3. The Labute approximate surface area is 132 Å². The SMILES string of the molecule is CC(C)n1nc(I)nc1Oc1ccc(OC(F)(F)F)cc1. The van der Waals surface area contributed by atoms with Crippen LogP contribution in [0.2, 0.25) is 0 Å². The summed E-state index contributed by atoms with van der Waals surface area (Å²) in [6.07, 6.45) is -4.71. The Morgan fingerprint density at radius 3 is 2.24 bits per heavy atom. The third-order valence-corrected chi connectivity index (χ3v) is 2.79. The van der Waals surface area contributed by atoms with E-state index in [1.54, 1.807) is 4.68 Å². The molecule has 0 aliphatic heterocycles. The average molecular weight is 413 g/mol. The average Bonchev–Trinajstić information content (AvgIpc) is 2.71. The summed E-state index contributed by atoms with van der Waals surface area (Å²) in [5.41, 5.74) is 0. The van der Waals surface area contributed by atoms with E-state index in [9.17, 15) is 13.2 Å². The monoisotopic (exact) mass is 413 g/mol. The summed E-state index contributed by atoms with van der Waals surface area (Å²) in [5.74, 6) is 0.0324. The lowest BCUT2D eigenvalue weighted by Crippen LogP contribution is -2.16. The molecule has 0 aliphatic rings. The van der Waals surface area contributed by atoms with Gasteiger partial charge < -0.3 is 9.47 Å². The molecule has 0 unspecified atom stereocenters. The standard InChI is InChI=1S/C12H11F3IN3O2/c1-7(2)19-11(17-10(16)18-19)20-8-3-5-9(6-4-8)21-12(13,14)15/h3-7H,1-2H3. The van der Waals surface area contributed by atoms with Gasteiger partial charge in [-0.1, -0.05) is 0 Å². The first-order valence-electron chi connectivity index (χ1n) is 5.90. The molecule has 0 amide bonds. The van der Waals surface area contributed by atoms with E-state index in [2.05, 4.69) is 14.8 Å². The summed E-state index contributed by atoms with van der Waals surface area (Å²) in [7, 11) is 0. The summed E-state index contributed by atoms with van der Waals surface area (Å²) in [6.45, 7) is 3.83. The minimum atomic E-state index is -4.71. The second kappa shape index (κ2) is 6.08. The van der Waals surface area contributed by atoms with E-state index in [1.165, 1.54) is 24.3 Å². The van der Waals surface area contributed by atoms with Crippen LogP contribution < -0.4 is 9.47 Å². The van der Waals surface area contributed by atoms with Crippen molar-refractivity contribution in [3.05, 3.63) is 28.1 Å². The first kappa shape index (κ1) is 15.9. The van der Waals surface area contributed by atoms with Gasteiger partial charge in [-0.3, -0.25) is 0 Å². The molecule has 9 heteroatoms. The van der Waals surface area contributed by atoms with Crippen molar-refractivity contribution in [2.24, 2.45) is 0 Å². The topological polar surface area (TPSA) is 49.2 Å². The quantitative estimate of drug-likeness (QED) is 0.707. The molecule has 21 heavy (non-hydrogen) atoms. The van der Waals surface area contributed by atoms with Crippen molar-refractivity contribution in [2.75, 3.05) is 0 Å². The van der Waals surface area contributed by atoms with E-state index in [1.807, 2.05) is 36.4 Å². The van der Waals surface area contributed by atoms with Gasteiger partial charge in [-0.05, 0) is 38.1 Å². The Morgan fingerprint density at radius 1 is 1.14 bits per heavy atom. The van der Waals surface area contributed by atoms with Gasteiger partial charge in [0.1, 0.15) is 11.5 Å². The third kappa shape index (κ3) is 4.48. The number of rotatable bonds is 4. The van der Waals surface area contributed by atoms with E-state index in [0.29, 0.717) is 9.58 Å². The minimum absolute atomic E-state index is 0.0452. The van der Waals surface area contributed by atoms with Gasteiger partial charge >= 0.3 is 12.4 Å². The van der Waals surface area contributed by atoms with Crippen molar-refractivity contribution in [1.29, 1.82) is 0 Å². The largest absolute Gasteiger partial charge is 0.573 e. The van der Waals surface area contributed by atoms with Crippen molar-refractivity contribution in [3.8, 4) is 17.5 Å². The van der Waals surface area contributed by atoms with E-state index in [0.717, 1.165) is 0 Å². The molecule has 1 aromatic carbocycles. The molecule has 2 rings (SSSR count). The summed E-state index contributed by atoms with van der Waals surface area (Å²) in [6, 6.07) is 5.40. The van der Waals surface area contributed by atoms with Crippen LogP contribution in [0.5, 0.6) is 17.5 Å². The van der Waals surface area contributed by atoms with Gasteiger partial charge in [0.05, 0.1) is 6.04 Å². The highest BCUT2D eigenvalue weighted by Crippen LogP contribution is 2.27. The fraction of sp³-hybridized carbons (Fsp3) is 0.333. The molecule has 0 fully saturated rings. The first-order valence-corrected chi connectivity index (χ1v) is 6.98. The van der Waals surface area contributed by atoms with Crippen LogP contribution in [0.3, 0.4) is 0 Å². The van der Waals surface area contributed by atoms with E-state index in [4.69, 9.17) is 4.74 Å². The maximum absolute atomic E-state index is 12.1. The lowest BCUT2D eigenvalue weighted by atomic mass is 10.3. The molecular weight excluding hydrogens is 402 g/mol. The third-order valence-electron chi connectivity index (χ3n) is 2.33. The molecule has 0 radical (unpaired) electrons. The number of ether oxygens (including phenoxy) is 2. The Hall–Kier alpha value is -1.52. The van der Waals surface area contributed by atoms with E-state index < -0.39 is 6.36 Å². The molecule has 0 saturated carbocycles. The van der Waals surface area contributed by atoms with Crippen molar-refractivity contribution in [2.45, 2.75) is 26.3 Å². The fourth-order valence-electron chi connectivity index (χ4n) is 1.50. The van der Waals surface area contributed by atoms with Gasteiger partial charge in [0.2, 0.25) is 3.83 Å². The van der Waals surface area contributed by atoms with Gasteiger partial charge in [0.15, 0.2) is 0 Å². The normalized spacial score (nSPS) is 11.8. The second-order valence-corrected chi connectivity index (χ2v) is 5.29. The zero-order valence-corrected chi connectivity index (χ0v) is 13.2. The smallest absolute Gasteiger partial charge is 0.424 e. The highest BCUT2D eigenvalue weighted by atomic mass is 127. The summed E-state index contributed by atoms with van der Waals surface area (Å²) >= 11 is 1.95. The van der Waals surface area contributed by atoms with Crippen molar-refractivity contribution in [1.82, 2.24) is 14.8 Å². The zero-order valence-electron chi connectivity index (χ0n) is 11.1. The Morgan fingerprint density at radius 2 is 1.71 bits per heavy atom. The van der Waals surface area contributed by atoms with Gasteiger partial charge in [0, 0.05) is 22.6 Å². The Kier molecular flexibility index (Phi) is 4.59. The number of alkyl halides is 3. The van der Waals surface area contributed by atoms with Crippen LogP contribution in [-0.4, -0.2) is 21.1 Å². The first-order chi connectivity index (χ1) is 9.74. The highest BCUT2D eigenvalue weighted by molar-refractivity contribution is 14.1. The van der Waals surface area contributed by atoms with Gasteiger partial charge in [0.25, 0.3) is 0 Å². The lowest BCUT2D eigenvalue weighted by molar-refractivity contribution is -0.274. The van der Waals surface area contributed by atoms with Crippen LogP contribution in [0.15, 0.2) is 24.3 Å². The number of benzene rings is 1. The molecule has 5 nitrogen and oxygen atoms in total. The van der Waals surface area contributed by atoms with Gasteiger partial charge in [-0.25, -0.2) is 4.68 Å². The number of hydrogen-bond donors (Lipinski definition) is 0. The molecule has 1 aromatic heterocycles. The van der Waals surface area contributed by atoms with Crippen LogP contribution in [0.1, 0.15) is 19.9 Å². The minimum Gasteiger partial charge on any atom is -0.424 e. The molecule has 0 N–H and O–H groups in total. The molecule has 0 atom stereocenters. The van der Waals surface area contributed by atoms with Crippen LogP contribution in [0.25, 0.3) is 0 Å². The van der Waals surface area contributed by atoms with Crippen LogP contribution in [0, 0.1) is 3.83 Å². The second-order valence-electron chi connectivity index (χ2n) is 4.32. The number of halogens is 4. The summed E-state index contributed by atoms with van der Waals surface area (Å²) in [4.78, 5) is 4.11. The fourth-order valence-corrected chi connectivity index (χ4v) is 1.94. The number of aromatic nitrogens is 3. The Balaban J connectivity index is 2.14. The summed E-state index contributed by atoms with van der Waals surface area (Å²) in [5, 5.41) is 4.17. The van der Waals surface area contributed by atoms with Crippen LogP contribution in [0.4, 0.5) is 13.2 Å². The van der Waals surface area contributed by atoms with Crippen LogP contribution in [-0.2, 0) is 0 Å². The van der Waals surface area contributed by atoms with Gasteiger partial charge in [-0.2, -0.15) is 4.98 Å². The molecule has 0 bridgehead atoms. The molecule has 114 valence electrons. The van der Waals surface area contributed by atoms with Crippen molar-refractivity contribution in [3.63, 3.8) is 0 Å². The predicted molar refractivity (Wildman–Crippen MR) is 76.3 cm³/mol.